The number of hydrogen-bond donors (Lipinski definition) is 1. The number of ether oxygens (including phenoxy) is 1. The summed E-state index contributed by atoms with van der Waals surface area (Å²) < 4.78 is 5.23. The van der Waals surface area contributed by atoms with Gasteiger partial charge in [0.05, 0.1) is 0 Å². The Morgan fingerprint density at radius 3 is 2.67 bits per heavy atom. The van der Waals surface area contributed by atoms with Crippen molar-refractivity contribution in [2.24, 2.45) is 11.8 Å². The molecule has 1 aliphatic heterocycles. The fraction of sp³-hybridized carbons (Fsp3) is 0.571. The minimum atomic E-state index is -0.571. The zero-order chi connectivity index (χ0) is 19.4. The molecule has 0 aromatic heterocycles. The molecule has 146 valence electrons. The molecule has 1 aromatic carbocycles. The maximum absolute atomic E-state index is 12.8. The van der Waals surface area contributed by atoms with Crippen molar-refractivity contribution in [1.29, 1.82) is 0 Å². The number of nitrogens with zero attached hydrogens (tertiary/aromatic N) is 1. The van der Waals surface area contributed by atoms with Crippen LogP contribution in [-0.4, -0.2) is 41.3 Å². The molecular weight excluding hydrogens is 344 g/mol. The molecule has 0 unspecified atom stereocenters. The molecule has 27 heavy (non-hydrogen) atoms. The number of Topliss-reactive ketones (excluding diaryl/α,β-unsaturated/α-hetero) is 1. The van der Waals surface area contributed by atoms with E-state index in [1.165, 1.54) is 0 Å². The fourth-order valence-corrected chi connectivity index (χ4v) is 4.16. The van der Waals surface area contributed by atoms with Gasteiger partial charge in [0.2, 0.25) is 5.91 Å². The summed E-state index contributed by atoms with van der Waals surface area (Å²) in [4.78, 5) is 38.6. The second-order valence-electron chi connectivity index (χ2n) is 7.84. The Hall–Kier alpha value is -2.37. The van der Waals surface area contributed by atoms with Gasteiger partial charge in [0.25, 0.3) is 0 Å². The second-order valence-corrected chi connectivity index (χ2v) is 7.84. The number of rotatable bonds is 5. The monoisotopic (exact) mass is 372 g/mol. The van der Waals surface area contributed by atoms with Gasteiger partial charge in [-0.25, -0.2) is 4.79 Å². The van der Waals surface area contributed by atoms with Crippen LogP contribution in [0.15, 0.2) is 30.3 Å². The van der Waals surface area contributed by atoms with Crippen LogP contribution in [0.5, 0.6) is 0 Å². The molecule has 2 amide bonds. The largest absolute Gasteiger partial charge is 0.445 e. The zero-order valence-corrected chi connectivity index (χ0v) is 16.0. The van der Waals surface area contributed by atoms with E-state index in [4.69, 9.17) is 4.74 Å². The summed E-state index contributed by atoms with van der Waals surface area (Å²) >= 11 is 0. The van der Waals surface area contributed by atoms with E-state index >= 15 is 0 Å². The topological polar surface area (TPSA) is 75.7 Å². The molecular formula is C21H28N2O4. The Morgan fingerprint density at radius 1 is 1.22 bits per heavy atom. The van der Waals surface area contributed by atoms with Crippen LogP contribution in [-0.2, 0) is 20.9 Å². The Morgan fingerprint density at radius 2 is 1.96 bits per heavy atom. The average Bonchev–Trinajstić information content (AvgIpc) is 3.01. The molecule has 6 nitrogen and oxygen atoms in total. The van der Waals surface area contributed by atoms with Gasteiger partial charge in [-0.05, 0) is 30.2 Å². The minimum absolute atomic E-state index is 0.0586. The molecule has 0 radical (unpaired) electrons. The number of ketones is 1. The maximum Gasteiger partial charge on any atom is 0.408 e. The van der Waals surface area contributed by atoms with Crippen LogP contribution in [0.2, 0.25) is 0 Å². The molecule has 1 aliphatic carbocycles. The lowest BCUT2D eigenvalue weighted by atomic mass is 9.76. The zero-order valence-electron chi connectivity index (χ0n) is 16.0. The molecule has 0 bridgehead atoms. The number of hydrogen-bond acceptors (Lipinski definition) is 4. The molecule has 1 saturated carbocycles. The Balaban J connectivity index is 1.54. The number of likely N-dealkylation sites (tertiary alicyclic amines) is 1. The van der Waals surface area contributed by atoms with Gasteiger partial charge >= 0.3 is 6.09 Å². The molecule has 2 aliphatic rings. The second kappa shape index (κ2) is 8.55. The summed E-state index contributed by atoms with van der Waals surface area (Å²) in [7, 11) is 0. The minimum Gasteiger partial charge on any atom is -0.445 e. The first kappa shape index (κ1) is 19.4. The van der Waals surface area contributed by atoms with E-state index < -0.39 is 12.1 Å². The molecule has 3 rings (SSSR count). The summed E-state index contributed by atoms with van der Waals surface area (Å²) in [5, 5.41) is 2.70. The molecule has 3 atom stereocenters. The van der Waals surface area contributed by atoms with Crippen molar-refractivity contribution >= 4 is 17.8 Å². The fourth-order valence-electron chi connectivity index (χ4n) is 4.16. The molecule has 1 N–H and O–H groups in total. The summed E-state index contributed by atoms with van der Waals surface area (Å²) in [6.07, 6.45) is 1.81. The highest BCUT2D eigenvalue weighted by atomic mass is 16.5. The van der Waals surface area contributed by atoms with Crippen molar-refractivity contribution in [3.8, 4) is 0 Å². The number of alkyl carbamates (subject to hydrolysis) is 1. The van der Waals surface area contributed by atoms with E-state index in [-0.39, 0.29) is 30.3 Å². The van der Waals surface area contributed by atoms with Crippen LogP contribution in [0, 0.1) is 11.8 Å². The lowest BCUT2D eigenvalue weighted by Gasteiger charge is -2.39. The molecule has 1 heterocycles. The van der Waals surface area contributed by atoms with Crippen molar-refractivity contribution in [1.82, 2.24) is 10.2 Å². The highest BCUT2D eigenvalue weighted by Crippen LogP contribution is 2.34. The van der Waals surface area contributed by atoms with Gasteiger partial charge in [0.1, 0.15) is 18.4 Å². The third kappa shape index (κ3) is 4.67. The molecule has 2 fully saturated rings. The van der Waals surface area contributed by atoms with E-state index in [0.29, 0.717) is 31.7 Å². The summed E-state index contributed by atoms with van der Waals surface area (Å²) in [6, 6.07) is 8.97. The third-order valence-electron chi connectivity index (χ3n) is 5.68. The molecule has 1 saturated heterocycles. The lowest BCUT2D eigenvalue weighted by molar-refractivity contribution is -0.136. The van der Waals surface area contributed by atoms with E-state index in [0.717, 1.165) is 12.0 Å². The summed E-state index contributed by atoms with van der Waals surface area (Å²) in [6.45, 7) is 5.00. The van der Waals surface area contributed by atoms with Crippen molar-refractivity contribution < 1.29 is 19.1 Å². The van der Waals surface area contributed by atoms with E-state index in [9.17, 15) is 14.4 Å². The highest BCUT2D eigenvalue weighted by molar-refractivity contribution is 5.88. The Labute approximate surface area is 160 Å². The number of amides is 2. The third-order valence-corrected chi connectivity index (χ3v) is 5.68. The van der Waals surface area contributed by atoms with Crippen molar-refractivity contribution in [2.45, 2.75) is 58.2 Å². The molecule has 0 spiro atoms. The van der Waals surface area contributed by atoms with E-state index in [1.807, 2.05) is 35.2 Å². The normalized spacial score (nSPS) is 25.7. The molecule has 1 aromatic rings. The number of benzene rings is 1. The van der Waals surface area contributed by atoms with Crippen LogP contribution >= 0.6 is 0 Å². The quantitative estimate of drug-likeness (QED) is 0.862. The van der Waals surface area contributed by atoms with Gasteiger partial charge in [0, 0.05) is 25.4 Å². The lowest BCUT2D eigenvalue weighted by Crippen LogP contribution is -2.49. The van der Waals surface area contributed by atoms with Crippen molar-refractivity contribution in [3.05, 3.63) is 35.9 Å². The SMILES string of the molecule is CC(C)[C@@H]1CC(=O)CC[C@@H]1N1CC[C@H](NC(=O)OCc2ccccc2)C1=O. The predicted molar refractivity (Wildman–Crippen MR) is 101 cm³/mol. The standard InChI is InChI=1S/C21H28N2O4/c1-14(2)17-12-16(24)8-9-19(17)23-11-10-18(20(23)25)22-21(26)27-13-15-6-4-3-5-7-15/h3-7,14,17-19H,8-13H2,1-2H3,(H,22,26)/t17-,18-,19-/m0/s1. The van der Waals surface area contributed by atoms with Gasteiger partial charge in [-0.2, -0.15) is 0 Å². The van der Waals surface area contributed by atoms with Crippen LogP contribution in [0.4, 0.5) is 4.79 Å². The van der Waals surface area contributed by atoms with Gasteiger partial charge in [-0.15, -0.1) is 0 Å². The van der Waals surface area contributed by atoms with Crippen LogP contribution < -0.4 is 5.32 Å². The Kier molecular flexibility index (Phi) is 6.14. The number of nitrogens with one attached hydrogen (secondary N) is 1. The smallest absolute Gasteiger partial charge is 0.408 e. The molecule has 6 heteroatoms. The highest BCUT2D eigenvalue weighted by Gasteiger charge is 2.42. The average molecular weight is 372 g/mol. The van der Waals surface area contributed by atoms with E-state index in [1.54, 1.807) is 0 Å². The number of carbonyl (C=O) groups is 3. The van der Waals surface area contributed by atoms with Gasteiger partial charge in [-0.1, -0.05) is 44.2 Å². The van der Waals surface area contributed by atoms with E-state index in [2.05, 4.69) is 19.2 Å². The van der Waals surface area contributed by atoms with Crippen LogP contribution in [0.25, 0.3) is 0 Å². The van der Waals surface area contributed by atoms with Crippen molar-refractivity contribution in [3.63, 3.8) is 0 Å². The first-order valence-corrected chi connectivity index (χ1v) is 9.75. The van der Waals surface area contributed by atoms with Gasteiger partial charge in [0.15, 0.2) is 0 Å². The Bertz CT molecular complexity index is 689. The summed E-state index contributed by atoms with van der Waals surface area (Å²) in [5.41, 5.74) is 0.902. The summed E-state index contributed by atoms with van der Waals surface area (Å²) in [5.74, 6) is 0.765. The van der Waals surface area contributed by atoms with Crippen LogP contribution in [0.1, 0.15) is 45.1 Å². The predicted octanol–water partition coefficient (Wildman–Crippen LogP) is 2.91. The van der Waals surface area contributed by atoms with Crippen molar-refractivity contribution in [2.75, 3.05) is 6.54 Å². The maximum atomic E-state index is 12.8. The van der Waals surface area contributed by atoms with Crippen LogP contribution in [0.3, 0.4) is 0 Å². The van der Waals surface area contributed by atoms with Gasteiger partial charge in [-0.3, -0.25) is 9.59 Å². The number of carbonyl (C=O) groups excluding carboxylic acids is 3. The van der Waals surface area contributed by atoms with Gasteiger partial charge < -0.3 is 15.0 Å². The first-order chi connectivity index (χ1) is 13.0. The first-order valence-electron chi connectivity index (χ1n) is 9.75.